The van der Waals surface area contributed by atoms with Gasteiger partial charge in [0, 0.05) is 17.7 Å². The van der Waals surface area contributed by atoms with Crippen molar-refractivity contribution in [3.05, 3.63) is 29.6 Å². The van der Waals surface area contributed by atoms with Crippen LogP contribution < -0.4 is 11.5 Å². The molecule has 1 rings (SSSR count). The molecule has 5 N–H and O–H groups in total. The van der Waals surface area contributed by atoms with Gasteiger partial charge < -0.3 is 16.6 Å². The van der Waals surface area contributed by atoms with Crippen LogP contribution in [-0.2, 0) is 4.79 Å². The molecule has 0 saturated heterocycles. The third-order valence-corrected chi connectivity index (χ3v) is 2.04. The lowest BCUT2D eigenvalue weighted by molar-refractivity contribution is -0.138. The second-order valence-corrected chi connectivity index (χ2v) is 3.30. The first kappa shape index (κ1) is 12.1. The first-order chi connectivity index (χ1) is 7.41. The second kappa shape index (κ2) is 4.71. The molecule has 6 heteroatoms. The fourth-order valence-electron chi connectivity index (χ4n) is 1.17. The van der Waals surface area contributed by atoms with E-state index in [1.165, 1.54) is 6.07 Å². The Morgan fingerprint density at radius 1 is 1.44 bits per heavy atom. The Kier molecular flexibility index (Phi) is 3.57. The maximum Gasteiger partial charge on any atom is 0.320 e. The van der Waals surface area contributed by atoms with E-state index in [1.54, 1.807) is 0 Å². The predicted octanol–water partition coefficient (Wildman–Crippen LogP) is 0.393. The molecule has 0 aliphatic rings. The predicted molar refractivity (Wildman–Crippen MR) is 55.4 cm³/mol. The molecule has 1 aromatic carbocycles. The fourth-order valence-corrected chi connectivity index (χ4v) is 1.17. The van der Waals surface area contributed by atoms with Crippen LogP contribution in [0.15, 0.2) is 18.2 Å². The van der Waals surface area contributed by atoms with E-state index in [4.69, 9.17) is 16.6 Å². The molecular formula is C10H11FN2O3. The molecule has 0 spiro atoms. The van der Waals surface area contributed by atoms with Crippen LogP contribution in [0.3, 0.4) is 0 Å². The number of hydrogen-bond donors (Lipinski definition) is 3. The quantitative estimate of drug-likeness (QED) is 0.508. The number of Topliss-reactive ketones (excluding diaryl/α,β-unsaturated/α-hetero) is 1. The van der Waals surface area contributed by atoms with E-state index in [-0.39, 0.29) is 11.3 Å². The monoisotopic (exact) mass is 226 g/mol. The van der Waals surface area contributed by atoms with Crippen molar-refractivity contribution >= 4 is 17.4 Å². The number of anilines is 1. The molecule has 0 heterocycles. The van der Waals surface area contributed by atoms with Crippen molar-refractivity contribution in [3.8, 4) is 0 Å². The van der Waals surface area contributed by atoms with Gasteiger partial charge in [0.1, 0.15) is 11.9 Å². The standard InChI is InChI=1S/C10H11FN2O3/c11-5-1-2-7(12)6(3-5)9(14)4-8(13)10(15)16/h1-3,8H,4,12-13H2,(H,15,16)/t8-/m0/s1. The molecule has 1 atom stereocenters. The van der Waals surface area contributed by atoms with Crippen molar-refractivity contribution in [2.24, 2.45) is 5.73 Å². The highest BCUT2D eigenvalue weighted by molar-refractivity contribution is 6.02. The van der Waals surface area contributed by atoms with Gasteiger partial charge in [-0.05, 0) is 18.2 Å². The zero-order chi connectivity index (χ0) is 12.3. The molecule has 0 aliphatic carbocycles. The molecule has 0 aliphatic heterocycles. The number of rotatable bonds is 4. The van der Waals surface area contributed by atoms with Gasteiger partial charge in [0.05, 0.1) is 0 Å². The van der Waals surface area contributed by atoms with Crippen molar-refractivity contribution in [1.82, 2.24) is 0 Å². The number of nitrogen functional groups attached to an aromatic ring is 1. The van der Waals surface area contributed by atoms with Gasteiger partial charge in [-0.3, -0.25) is 9.59 Å². The minimum absolute atomic E-state index is 0.0447. The number of halogens is 1. The van der Waals surface area contributed by atoms with Gasteiger partial charge in [0.15, 0.2) is 5.78 Å². The molecule has 1 aromatic rings. The molecule has 0 aromatic heterocycles. The average molecular weight is 226 g/mol. The Balaban J connectivity index is 2.88. The summed E-state index contributed by atoms with van der Waals surface area (Å²) in [6.07, 6.45) is -0.414. The Morgan fingerprint density at radius 2 is 2.06 bits per heavy atom. The van der Waals surface area contributed by atoms with Crippen molar-refractivity contribution in [2.75, 3.05) is 5.73 Å². The summed E-state index contributed by atoms with van der Waals surface area (Å²) in [6, 6.07) is 2.01. The first-order valence-electron chi connectivity index (χ1n) is 4.48. The number of carbonyl (C=O) groups is 2. The molecule has 5 nitrogen and oxygen atoms in total. The van der Waals surface area contributed by atoms with Gasteiger partial charge in [-0.2, -0.15) is 0 Å². The lowest BCUT2D eigenvalue weighted by Crippen LogP contribution is -2.32. The zero-order valence-corrected chi connectivity index (χ0v) is 8.31. The minimum atomic E-state index is -1.31. The van der Waals surface area contributed by atoms with Gasteiger partial charge in [0.25, 0.3) is 0 Å². The highest BCUT2D eigenvalue weighted by Crippen LogP contribution is 2.15. The average Bonchev–Trinajstić information content (AvgIpc) is 2.21. The smallest absolute Gasteiger partial charge is 0.320 e. The molecule has 0 bridgehead atoms. The van der Waals surface area contributed by atoms with Crippen LogP contribution in [-0.4, -0.2) is 22.9 Å². The summed E-state index contributed by atoms with van der Waals surface area (Å²) in [5.74, 6) is -2.49. The minimum Gasteiger partial charge on any atom is -0.480 e. The van der Waals surface area contributed by atoms with Crippen molar-refractivity contribution in [3.63, 3.8) is 0 Å². The molecule has 0 fully saturated rings. The largest absolute Gasteiger partial charge is 0.480 e. The van der Waals surface area contributed by atoms with Gasteiger partial charge >= 0.3 is 5.97 Å². The fraction of sp³-hybridized carbons (Fsp3) is 0.200. The molecule has 0 unspecified atom stereocenters. The molecular weight excluding hydrogens is 215 g/mol. The topological polar surface area (TPSA) is 106 Å². The van der Waals surface area contributed by atoms with Gasteiger partial charge in [-0.1, -0.05) is 0 Å². The van der Waals surface area contributed by atoms with E-state index in [1.807, 2.05) is 0 Å². The van der Waals surface area contributed by atoms with E-state index in [2.05, 4.69) is 0 Å². The SMILES string of the molecule is Nc1ccc(F)cc1C(=O)C[C@H](N)C(=O)O. The number of carbonyl (C=O) groups excluding carboxylic acids is 1. The van der Waals surface area contributed by atoms with Crippen LogP contribution >= 0.6 is 0 Å². The number of carboxylic acids is 1. The number of hydrogen-bond acceptors (Lipinski definition) is 4. The number of ketones is 1. The van der Waals surface area contributed by atoms with E-state index in [0.717, 1.165) is 12.1 Å². The summed E-state index contributed by atoms with van der Waals surface area (Å²) in [5, 5.41) is 8.52. The Morgan fingerprint density at radius 3 is 2.62 bits per heavy atom. The zero-order valence-electron chi connectivity index (χ0n) is 8.31. The normalized spacial score (nSPS) is 12.1. The first-order valence-corrected chi connectivity index (χ1v) is 4.48. The number of carboxylic acid groups (broad SMARTS) is 1. The number of aliphatic carboxylic acids is 1. The van der Waals surface area contributed by atoms with E-state index in [9.17, 15) is 14.0 Å². The highest BCUT2D eigenvalue weighted by atomic mass is 19.1. The Labute approximate surface area is 90.9 Å². The number of nitrogens with two attached hydrogens (primary N) is 2. The van der Waals surface area contributed by atoms with Crippen LogP contribution in [0.4, 0.5) is 10.1 Å². The highest BCUT2D eigenvalue weighted by Gasteiger charge is 2.19. The summed E-state index contributed by atoms with van der Waals surface area (Å²) in [6.45, 7) is 0. The van der Waals surface area contributed by atoms with Gasteiger partial charge in [-0.25, -0.2) is 4.39 Å². The molecule has 16 heavy (non-hydrogen) atoms. The van der Waals surface area contributed by atoms with E-state index >= 15 is 0 Å². The van der Waals surface area contributed by atoms with Crippen LogP contribution in [0.25, 0.3) is 0 Å². The molecule has 0 saturated carbocycles. The van der Waals surface area contributed by atoms with E-state index < -0.39 is 30.0 Å². The Bertz CT molecular complexity index is 434. The van der Waals surface area contributed by atoms with Gasteiger partial charge in [0.2, 0.25) is 0 Å². The molecule has 0 radical (unpaired) electrons. The van der Waals surface area contributed by atoms with Crippen molar-refractivity contribution < 1.29 is 19.1 Å². The maximum atomic E-state index is 12.8. The maximum absolute atomic E-state index is 12.8. The summed E-state index contributed by atoms with van der Waals surface area (Å²) in [7, 11) is 0. The third-order valence-electron chi connectivity index (χ3n) is 2.04. The molecule has 0 amide bonds. The third kappa shape index (κ3) is 2.77. The summed E-state index contributed by atoms with van der Waals surface area (Å²) in [4.78, 5) is 22.0. The lowest BCUT2D eigenvalue weighted by Gasteiger charge is -2.07. The van der Waals surface area contributed by atoms with E-state index in [0.29, 0.717) is 0 Å². The van der Waals surface area contributed by atoms with Gasteiger partial charge in [-0.15, -0.1) is 0 Å². The summed E-state index contributed by atoms with van der Waals surface area (Å²) in [5.41, 5.74) is 10.7. The summed E-state index contributed by atoms with van der Waals surface area (Å²) < 4.78 is 12.8. The van der Waals surface area contributed by atoms with Crippen LogP contribution in [0.5, 0.6) is 0 Å². The number of benzene rings is 1. The Hall–Kier alpha value is -1.95. The second-order valence-electron chi connectivity index (χ2n) is 3.30. The van der Waals surface area contributed by atoms with Crippen LogP contribution in [0.1, 0.15) is 16.8 Å². The summed E-state index contributed by atoms with van der Waals surface area (Å²) >= 11 is 0. The van der Waals surface area contributed by atoms with Crippen molar-refractivity contribution in [2.45, 2.75) is 12.5 Å². The lowest BCUT2D eigenvalue weighted by atomic mass is 10.0. The molecule has 86 valence electrons. The van der Waals surface area contributed by atoms with Crippen molar-refractivity contribution in [1.29, 1.82) is 0 Å². The van der Waals surface area contributed by atoms with Crippen LogP contribution in [0.2, 0.25) is 0 Å². The van der Waals surface area contributed by atoms with Crippen LogP contribution in [0, 0.1) is 5.82 Å².